The summed E-state index contributed by atoms with van der Waals surface area (Å²) in [6.07, 6.45) is 14.3. The molecule has 0 radical (unpaired) electrons. The minimum absolute atomic E-state index is 0.0232. The molecule has 4 aliphatic rings. The number of hydrogen-bond donors (Lipinski definition) is 0. The van der Waals surface area contributed by atoms with Crippen molar-refractivity contribution in [2.24, 2.45) is 46.3 Å². The molecule has 4 heteroatoms. The zero-order valence-electron chi connectivity index (χ0n) is 22.0. The maximum atomic E-state index is 11.7. The molecule has 0 saturated heterocycles. The maximum absolute atomic E-state index is 11.7. The van der Waals surface area contributed by atoms with Crippen molar-refractivity contribution in [2.45, 2.75) is 127 Å². The summed E-state index contributed by atoms with van der Waals surface area (Å²) in [4.78, 5) is 12.1. The van der Waals surface area contributed by atoms with E-state index in [2.05, 4.69) is 66.5 Å². The van der Waals surface area contributed by atoms with E-state index in [4.69, 9.17) is 4.74 Å². The molecule has 0 bridgehead atoms. The van der Waals surface area contributed by atoms with E-state index in [1.165, 1.54) is 51.4 Å². The van der Waals surface area contributed by atoms with Crippen LogP contribution in [0.1, 0.15) is 112 Å². The van der Waals surface area contributed by atoms with Crippen LogP contribution in [0.2, 0.25) is 0 Å². The number of alkyl halides is 2. The summed E-state index contributed by atoms with van der Waals surface area (Å²) < 4.78 is 5.74. The molecule has 190 valence electrons. The van der Waals surface area contributed by atoms with Crippen molar-refractivity contribution < 1.29 is 9.53 Å². The lowest BCUT2D eigenvalue weighted by atomic mass is 9.44. The Labute approximate surface area is 220 Å². The summed E-state index contributed by atoms with van der Waals surface area (Å²) >= 11 is 8.51. The Hall–Kier alpha value is 0.430. The molecular weight excluding hydrogens is 540 g/mol. The molecule has 0 spiro atoms. The smallest absolute Gasteiger partial charge is 0.302 e. The molecule has 33 heavy (non-hydrogen) atoms. The summed E-state index contributed by atoms with van der Waals surface area (Å²) in [6, 6.07) is 0. The lowest BCUT2D eigenvalue weighted by Crippen LogP contribution is -2.64. The predicted molar refractivity (Wildman–Crippen MR) is 145 cm³/mol. The van der Waals surface area contributed by atoms with Crippen LogP contribution in [0, 0.1) is 46.3 Å². The van der Waals surface area contributed by atoms with Gasteiger partial charge in [-0.1, -0.05) is 85.7 Å². The van der Waals surface area contributed by atoms with Crippen molar-refractivity contribution in [1.82, 2.24) is 0 Å². The first kappa shape index (κ1) is 26.5. The van der Waals surface area contributed by atoms with Gasteiger partial charge in [-0.05, 0) is 91.3 Å². The monoisotopic (exact) mass is 586 g/mol. The zero-order chi connectivity index (χ0) is 24.2. The highest BCUT2D eigenvalue weighted by molar-refractivity contribution is 9.12. The Bertz CT molecular complexity index is 724. The minimum Gasteiger partial charge on any atom is -0.463 e. The Balaban J connectivity index is 1.51. The van der Waals surface area contributed by atoms with Gasteiger partial charge in [0.15, 0.2) is 0 Å². The summed E-state index contributed by atoms with van der Waals surface area (Å²) in [5.41, 5.74) is 0.797. The molecule has 0 N–H and O–H groups in total. The van der Waals surface area contributed by atoms with Gasteiger partial charge < -0.3 is 4.74 Å². The fraction of sp³-hybridized carbons (Fsp3) is 0.966. The van der Waals surface area contributed by atoms with Crippen LogP contribution in [-0.2, 0) is 9.53 Å². The fourth-order valence-electron chi connectivity index (χ4n) is 9.51. The van der Waals surface area contributed by atoms with Crippen LogP contribution in [0.25, 0.3) is 0 Å². The van der Waals surface area contributed by atoms with Gasteiger partial charge in [0.25, 0.3) is 0 Å². The van der Waals surface area contributed by atoms with Crippen LogP contribution >= 0.6 is 31.9 Å². The summed E-state index contributed by atoms with van der Waals surface area (Å²) in [6.45, 7) is 14.1. The van der Waals surface area contributed by atoms with Gasteiger partial charge in [-0.15, -0.1) is 0 Å². The van der Waals surface area contributed by atoms with E-state index in [0.29, 0.717) is 10.2 Å². The third kappa shape index (κ3) is 4.53. The minimum atomic E-state index is -0.132. The maximum Gasteiger partial charge on any atom is 0.302 e. The number of fused-ring (bicyclic) bond motifs is 5. The standard InChI is InChI=1S/C29H48Br2O2/c1-18(2)8-7-9-19(3)23-10-11-24-22-16-26(30)29(31)17-21(33-20(4)32)12-15-28(29,6)25(22)13-14-27(23,24)5/h18-19,21-26H,7-17H2,1-6H3/t19-,21?,22+,23-,24+,25+,26?,27-,28-,29?/m1/s1. The lowest BCUT2D eigenvalue weighted by molar-refractivity contribution is -0.155. The van der Waals surface area contributed by atoms with Crippen molar-refractivity contribution in [1.29, 1.82) is 0 Å². The number of ether oxygens (including phenoxy) is 1. The van der Waals surface area contributed by atoms with E-state index in [-0.39, 0.29) is 21.8 Å². The molecule has 0 aliphatic heterocycles. The number of carbonyl (C=O) groups is 1. The molecule has 0 aromatic heterocycles. The van der Waals surface area contributed by atoms with Crippen molar-refractivity contribution >= 4 is 37.8 Å². The molecule has 0 aromatic rings. The Morgan fingerprint density at radius 1 is 1.03 bits per heavy atom. The molecule has 4 rings (SSSR count). The number of hydrogen-bond acceptors (Lipinski definition) is 2. The van der Waals surface area contributed by atoms with Gasteiger partial charge >= 0.3 is 5.97 Å². The van der Waals surface area contributed by atoms with Crippen molar-refractivity contribution in [3.63, 3.8) is 0 Å². The predicted octanol–water partition coefficient (Wildman–Crippen LogP) is 8.93. The second kappa shape index (κ2) is 9.71. The molecule has 4 fully saturated rings. The first-order valence-electron chi connectivity index (χ1n) is 13.9. The molecule has 2 nitrogen and oxygen atoms in total. The van der Waals surface area contributed by atoms with Crippen LogP contribution in [-0.4, -0.2) is 21.2 Å². The fourth-order valence-corrected chi connectivity index (χ4v) is 11.7. The van der Waals surface area contributed by atoms with E-state index in [1.54, 1.807) is 6.92 Å². The second-order valence-electron chi connectivity index (χ2n) is 13.4. The molecule has 10 atom stereocenters. The Morgan fingerprint density at radius 2 is 1.76 bits per heavy atom. The first-order valence-corrected chi connectivity index (χ1v) is 15.6. The normalized spacial score (nSPS) is 48.0. The number of halogens is 2. The summed E-state index contributed by atoms with van der Waals surface area (Å²) in [5.74, 6) is 4.98. The van der Waals surface area contributed by atoms with Crippen molar-refractivity contribution in [2.75, 3.05) is 0 Å². The van der Waals surface area contributed by atoms with Gasteiger partial charge in [-0.2, -0.15) is 0 Å². The van der Waals surface area contributed by atoms with Crippen LogP contribution in [0.15, 0.2) is 0 Å². The topological polar surface area (TPSA) is 26.3 Å². The van der Waals surface area contributed by atoms with E-state index < -0.39 is 0 Å². The molecule has 0 aromatic carbocycles. The number of rotatable bonds is 6. The van der Waals surface area contributed by atoms with E-state index in [9.17, 15) is 4.79 Å². The van der Waals surface area contributed by atoms with Crippen LogP contribution in [0.5, 0.6) is 0 Å². The van der Waals surface area contributed by atoms with Crippen LogP contribution < -0.4 is 0 Å². The average Bonchev–Trinajstić information content (AvgIpc) is 3.07. The van der Waals surface area contributed by atoms with Crippen molar-refractivity contribution in [3.05, 3.63) is 0 Å². The van der Waals surface area contributed by atoms with Crippen LogP contribution in [0.3, 0.4) is 0 Å². The Morgan fingerprint density at radius 3 is 2.42 bits per heavy atom. The quantitative estimate of drug-likeness (QED) is 0.229. The van der Waals surface area contributed by atoms with Crippen LogP contribution in [0.4, 0.5) is 0 Å². The summed E-state index contributed by atoms with van der Waals surface area (Å²) in [5, 5.41) is 0. The summed E-state index contributed by atoms with van der Waals surface area (Å²) in [7, 11) is 0. The van der Waals surface area contributed by atoms with E-state index in [1.807, 2.05) is 0 Å². The van der Waals surface area contributed by atoms with Gasteiger partial charge in [0.1, 0.15) is 6.10 Å². The van der Waals surface area contributed by atoms with E-state index in [0.717, 1.165) is 54.8 Å². The zero-order valence-corrected chi connectivity index (χ0v) is 25.1. The average molecular weight is 589 g/mol. The van der Waals surface area contributed by atoms with Gasteiger partial charge in [-0.3, -0.25) is 4.79 Å². The molecule has 0 amide bonds. The molecular formula is C29H48Br2O2. The highest BCUT2D eigenvalue weighted by atomic mass is 79.9. The Kier molecular flexibility index (Phi) is 7.80. The number of carbonyl (C=O) groups excluding carboxylic acids is 1. The third-order valence-corrected chi connectivity index (χ3v) is 14.8. The van der Waals surface area contributed by atoms with E-state index >= 15 is 0 Å². The first-order chi connectivity index (χ1) is 15.4. The molecule has 3 unspecified atom stereocenters. The highest BCUT2D eigenvalue weighted by Crippen LogP contribution is 2.71. The second-order valence-corrected chi connectivity index (χ2v) is 15.9. The highest BCUT2D eigenvalue weighted by Gasteiger charge is 2.67. The lowest BCUT2D eigenvalue weighted by Gasteiger charge is -2.66. The third-order valence-electron chi connectivity index (χ3n) is 11.2. The SMILES string of the molecule is CC(=O)OC1CC[C@]2(C)[C@H]3CC[C@]4(C)[C@@H]([C@H](C)CCCC(C)C)CC[C@H]4[C@@H]3CC(Br)C2(Br)C1. The number of esters is 1. The molecule has 0 heterocycles. The van der Waals surface area contributed by atoms with Gasteiger partial charge in [0, 0.05) is 22.5 Å². The molecule has 4 saturated carbocycles. The van der Waals surface area contributed by atoms with Gasteiger partial charge in [-0.25, -0.2) is 0 Å². The largest absolute Gasteiger partial charge is 0.463 e. The van der Waals surface area contributed by atoms with Crippen molar-refractivity contribution in [3.8, 4) is 0 Å². The van der Waals surface area contributed by atoms with Gasteiger partial charge in [0.05, 0.1) is 0 Å². The molecule has 4 aliphatic carbocycles. The van der Waals surface area contributed by atoms with Gasteiger partial charge in [0.2, 0.25) is 0 Å².